The topological polar surface area (TPSA) is 78.5 Å². The van der Waals surface area contributed by atoms with Gasteiger partial charge in [-0.15, -0.1) is 0 Å². The van der Waals surface area contributed by atoms with Gasteiger partial charge in [0.1, 0.15) is 0 Å². The Kier molecular flexibility index (Phi) is 3.75. The van der Waals surface area contributed by atoms with Crippen molar-refractivity contribution in [3.8, 4) is 0 Å². The average molecular weight is 327 g/mol. The van der Waals surface area contributed by atoms with Crippen LogP contribution in [0.25, 0.3) is 0 Å². The number of fused-ring (bicyclic) bond motifs is 1. The first-order valence-electron chi connectivity index (χ1n) is 8.63. The van der Waals surface area contributed by atoms with Crippen molar-refractivity contribution in [2.75, 3.05) is 11.4 Å². The number of amides is 3. The summed E-state index contributed by atoms with van der Waals surface area (Å²) in [5, 5.41) is 0. The number of rotatable bonds is 3. The Labute approximate surface area is 140 Å². The van der Waals surface area contributed by atoms with Gasteiger partial charge in [-0.3, -0.25) is 25.2 Å². The number of nitrogens with zero attached hydrogens (tertiary/aromatic N) is 1. The third-order valence-corrected chi connectivity index (χ3v) is 5.15. The van der Waals surface area contributed by atoms with Crippen molar-refractivity contribution in [1.29, 1.82) is 0 Å². The predicted octanol–water partition coefficient (Wildman–Crippen LogP) is 1.09. The molecular weight excluding hydrogens is 306 g/mol. The third kappa shape index (κ3) is 2.88. The molecule has 1 atom stereocenters. The van der Waals surface area contributed by atoms with Gasteiger partial charge >= 0.3 is 0 Å². The second-order valence-corrected chi connectivity index (χ2v) is 6.96. The van der Waals surface area contributed by atoms with E-state index in [4.69, 9.17) is 0 Å². The second kappa shape index (κ2) is 5.92. The van der Waals surface area contributed by atoms with E-state index in [1.165, 1.54) is 17.5 Å². The summed E-state index contributed by atoms with van der Waals surface area (Å²) in [6.45, 7) is 0.364. The molecule has 3 amide bonds. The van der Waals surface area contributed by atoms with E-state index in [0.717, 1.165) is 31.4 Å². The predicted molar refractivity (Wildman–Crippen MR) is 87.9 cm³/mol. The Morgan fingerprint density at radius 1 is 1.00 bits per heavy atom. The first kappa shape index (κ1) is 15.2. The minimum atomic E-state index is -0.426. The van der Waals surface area contributed by atoms with E-state index in [-0.39, 0.29) is 30.1 Å². The largest absolute Gasteiger partial charge is 0.312 e. The van der Waals surface area contributed by atoms with Crippen molar-refractivity contribution in [2.45, 2.75) is 38.5 Å². The van der Waals surface area contributed by atoms with E-state index >= 15 is 0 Å². The normalized spacial score (nSPS) is 22.4. The molecule has 0 bridgehead atoms. The van der Waals surface area contributed by atoms with E-state index in [1.807, 2.05) is 6.07 Å². The molecule has 2 aliphatic carbocycles. The molecule has 126 valence electrons. The summed E-state index contributed by atoms with van der Waals surface area (Å²) in [5.74, 6) is -0.852. The number of anilines is 1. The molecule has 2 N–H and O–H groups in total. The molecule has 0 spiro atoms. The zero-order chi connectivity index (χ0) is 16.7. The molecular formula is C18H21N3O3. The molecule has 4 rings (SSSR count). The summed E-state index contributed by atoms with van der Waals surface area (Å²) in [6, 6.07) is 6.14. The number of benzene rings is 1. The van der Waals surface area contributed by atoms with Crippen molar-refractivity contribution >= 4 is 23.4 Å². The standard InChI is InChI=1S/C18H21N3O3/c22-16-9-14(18(24)20-19-17(23)12-4-5-12)10-21(16)15-7-6-11-2-1-3-13(11)8-15/h6-8,12,14H,1-5,9-10H2,(H,19,23)(H,20,24). The van der Waals surface area contributed by atoms with Crippen LogP contribution in [0.15, 0.2) is 18.2 Å². The van der Waals surface area contributed by atoms with E-state index in [1.54, 1.807) is 4.90 Å². The molecule has 1 saturated heterocycles. The van der Waals surface area contributed by atoms with E-state index in [9.17, 15) is 14.4 Å². The molecule has 1 aromatic carbocycles. The number of aryl methyl sites for hydroxylation is 2. The van der Waals surface area contributed by atoms with Crippen LogP contribution >= 0.6 is 0 Å². The summed E-state index contributed by atoms with van der Waals surface area (Å²) in [4.78, 5) is 37.8. The molecule has 0 aromatic heterocycles. The summed E-state index contributed by atoms with van der Waals surface area (Å²) >= 11 is 0. The van der Waals surface area contributed by atoms with Gasteiger partial charge in [0.05, 0.1) is 5.92 Å². The molecule has 1 saturated carbocycles. The monoisotopic (exact) mass is 327 g/mol. The lowest BCUT2D eigenvalue weighted by atomic mass is 10.1. The van der Waals surface area contributed by atoms with E-state index < -0.39 is 5.92 Å². The lowest BCUT2D eigenvalue weighted by Gasteiger charge is -2.18. The van der Waals surface area contributed by atoms with Gasteiger partial charge in [-0.2, -0.15) is 0 Å². The van der Waals surface area contributed by atoms with Crippen LogP contribution in [0.1, 0.15) is 36.8 Å². The maximum absolute atomic E-state index is 12.3. The fraction of sp³-hybridized carbons (Fsp3) is 0.500. The van der Waals surface area contributed by atoms with Gasteiger partial charge in [0.25, 0.3) is 0 Å². The molecule has 1 aromatic rings. The van der Waals surface area contributed by atoms with Crippen molar-refractivity contribution in [2.24, 2.45) is 11.8 Å². The van der Waals surface area contributed by atoms with Gasteiger partial charge in [-0.25, -0.2) is 0 Å². The lowest BCUT2D eigenvalue weighted by Crippen LogP contribution is -2.45. The highest BCUT2D eigenvalue weighted by atomic mass is 16.2. The maximum atomic E-state index is 12.3. The Hall–Kier alpha value is -2.37. The fourth-order valence-electron chi connectivity index (χ4n) is 3.53. The van der Waals surface area contributed by atoms with Crippen LogP contribution in [-0.4, -0.2) is 24.3 Å². The van der Waals surface area contributed by atoms with Crippen molar-refractivity contribution in [3.63, 3.8) is 0 Å². The van der Waals surface area contributed by atoms with Crippen LogP contribution in [0.5, 0.6) is 0 Å². The Bertz CT molecular complexity index is 711. The molecule has 1 heterocycles. The first-order chi connectivity index (χ1) is 11.6. The summed E-state index contributed by atoms with van der Waals surface area (Å²) < 4.78 is 0. The van der Waals surface area contributed by atoms with E-state index in [2.05, 4.69) is 23.0 Å². The number of nitrogens with one attached hydrogen (secondary N) is 2. The number of carbonyl (C=O) groups is 3. The van der Waals surface area contributed by atoms with Gasteiger partial charge in [-0.1, -0.05) is 6.07 Å². The maximum Gasteiger partial charge on any atom is 0.243 e. The highest BCUT2D eigenvalue weighted by Crippen LogP contribution is 2.31. The molecule has 6 nitrogen and oxygen atoms in total. The zero-order valence-electron chi connectivity index (χ0n) is 13.5. The van der Waals surface area contributed by atoms with Crippen molar-refractivity contribution in [1.82, 2.24) is 10.9 Å². The Morgan fingerprint density at radius 3 is 2.46 bits per heavy atom. The Balaban J connectivity index is 1.39. The minimum absolute atomic E-state index is 0.0402. The molecule has 6 heteroatoms. The zero-order valence-corrected chi connectivity index (χ0v) is 13.5. The van der Waals surface area contributed by atoms with Crippen LogP contribution < -0.4 is 15.8 Å². The van der Waals surface area contributed by atoms with Crippen LogP contribution in [0.4, 0.5) is 5.69 Å². The van der Waals surface area contributed by atoms with Gasteiger partial charge in [0, 0.05) is 24.6 Å². The van der Waals surface area contributed by atoms with Crippen molar-refractivity contribution in [3.05, 3.63) is 29.3 Å². The van der Waals surface area contributed by atoms with Gasteiger partial charge in [0.15, 0.2) is 0 Å². The Morgan fingerprint density at radius 2 is 1.71 bits per heavy atom. The van der Waals surface area contributed by atoms with E-state index in [0.29, 0.717) is 6.54 Å². The van der Waals surface area contributed by atoms with Crippen LogP contribution in [-0.2, 0) is 27.2 Å². The van der Waals surface area contributed by atoms with Crippen LogP contribution in [0.3, 0.4) is 0 Å². The smallest absolute Gasteiger partial charge is 0.243 e. The fourth-order valence-corrected chi connectivity index (χ4v) is 3.53. The molecule has 1 aliphatic heterocycles. The second-order valence-electron chi connectivity index (χ2n) is 6.96. The van der Waals surface area contributed by atoms with Gasteiger partial charge in [0.2, 0.25) is 17.7 Å². The summed E-state index contributed by atoms with van der Waals surface area (Å²) in [7, 11) is 0. The van der Waals surface area contributed by atoms with Crippen molar-refractivity contribution < 1.29 is 14.4 Å². The van der Waals surface area contributed by atoms with Crippen LogP contribution in [0, 0.1) is 11.8 Å². The third-order valence-electron chi connectivity index (χ3n) is 5.15. The molecule has 2 fully saturated rings. The van der Waals surface area contributed by atoms with Gasteiger partial charge < -0.3 is 4.90 Å². The highest BCUT2D eigenvalue weighted by Gasteiger charge is 2.36. The number of carbonyl (C=O) groups excluding carboxylic acids is 3. The summed E-state index contributed by atoms with van der Waals surface area (Å²) in [6.07, 6.45) is 5.28. The number of hydrogen-bond acceptors (Lipinski definition) is 3. The molecule has 3 aliphatic rings. The average Bonchev–Trinajstić information content (AvgIpc) is 3.20. The molecule has 24 heavy (non-hydrogen) atoms. The summed E-state index contributed by atoms with van der Waals surface area (Å²) in [5.41, 5.74) is 8.47. The van der Waals surface area contributed by atoms with Gasteiger partial charge in [-0.05, 0) is 55.4 Å². The highest BCUT2D eigenvalue weighted by molar-refractivity contribution is 6.00. The number of hydrazine groups is 1. The number of hydrogen-bond donors (Lipinski definition) is 2. The van der Waals surface area contributed by atoms with Crippen LogP contribution in [0.2, 0.25) is 0 Å². The SMILES string of the molecule is O=C(NNC(=O)C1CC(=O)N(c2ccc3c(c2)CCC3)C1)C1CC1. The minimum Gasteiger partial charge on any atom is -0.312 e. The lowest BCUT2D eigenvalue weighted by molar-refractivity contribution is -0.131. The molecule has 1 unspecified atom stereocenters. The molecule has 0 radical (unpaired) electrons. The quantitative estimate of drug-likeness (QED) is 0.816. The first-order valence-corrected chi connectivity index (χ1v) is 8.63.